The van der Waals surface area contributed by atoms with Crippen molar-refractivity contribution in [1.29, 1.82) is 0 Å². The number of carboxylic acid groups (broad SMARTS) is 1. The molecule has 0 aliphatic carbocycles. The molecule has 196 valence electrons. The summed E-state index contributed by atoms with van der Waals surface area (Å²) in [6.45, 7) is 11.5. The van der Waals surface area contributed by atoms with E-state index in [1.54, 1.807) is 33.4 Å². The van der Waals surface area contributed by atoms with Crippen molar-refractivity contribution >= 4 is 17.9 Å². The largest absolute Gasteiger partial charge is 0.481 e. The highest BCUT2D eigenvalue weighted by molar-refractivity contribution is 5.75. The Morgan fingerprint density at radius 2 is 1.73 bits per heavy atom. The maximum Gasteiger partial charge on any atom is 0.309 e. The Bertz CT molecular complexity index is 1270. The average Bonchev–Trinajstić information content (AvgIpc) is 3.37. The normalized spacial score (nSPS) is 13.2. The number of H-pyrrole nitrogens is 1. The summed E-state index contributed by atoms with van der Waals surface area (Å²) in [5, 5.41) is 9.28. The lowest BCUT2D eigenvalue weighted by Crippen LogP contribution is -2.24. The topological polar surface area (TPSA) is 100 Å². The van der Waals surface area contributed by atoms with Crippen LogP contribution >= 0.6 is 0 Å². The Labute approximate surface area is 219 Å². The molecule has 0 bridgehead atoms. The molecule has 7 nitrogen and oxygen atoms in total. The van der Waals surface area contributed by atoms with Crippen LogP contribution in [0.15, 0.2) is 59.4 Å². The molecule has 0 fully saturated rings. The van der Waals surface area contributed by atoms with Crippen molar-refractivity contribution in [2.75, 3.05) is 7.11 Å². The van der Waals surface area contributed by atoms with E-state index < -0.39 is 17.0 Å². The Hall–Kier alpha value is -3.58. The summed E-state index contributed by atoms with van der Waals surface area (Å²) in [4.78, 5) is 28.5. The van der Waals surface area contributed by atoms with Crippen molar-refractivity contribution < 1.29 is 14.6 Å². The molecule has 0 saturated carbocycles. The number of nitrogens with one attached hydrogen (secondary N) is 1. The maximum atomic E-state index is 11.3. The summed E-state index contributed by atoms with van der Waals surface area (Å²) in [7, 11) is 1.69. The number of pyridine rings is 1. The van der Waals surface area contributed by atoms with Crippen LogP contribution in [0.4, 0.5) is 0 Å². The Morgan fingerprint density at radius 1 is 1.05 bits per heavy atom. The van der Waals surface area contributed by atoms with E-state index in [1.165, 1.54) is 5.56 Å². The second kappa shape index (κ2) is 11.6. The third-order valence-electron chi connectivity index (χ3n) is 6.99. The molecule has 0 saturated heterocycles. The van der Waals surface area contributed by atoms with Crippen LogP contribution in [-0.2, 0) is 16.0 Å². The van der Waals surface area contributed by atoms with Crippen molar-refractivity contribution in [2.24, 2.45) is 10.4 Å². The molecule has 2 heterocycles. The quantitative estimate of drug-likeness (QED) is 0.280. The van der Waals surface area contributed by atoms with Crippen molar-refractivity contribution in [3.05, 3.63) is 65.6 Å². The average molecular weight is 503 g/mol. The number of carbonyl (C=O) groups is 1. The zero-order chi connectivity index (χ0) is 27.2. The number of aromatic amines is 1. The number of hydrogen-bond acceptors (Lipinski definition) is 5. The van der Waals surface area contributed by atoms with Crippen molar-refractivity contribution in [1.82, 2.24) is 15.0 Å². The van der Waals surface area contributed by atoms with Gasteiger partial charge in [-0.15, -0.1) is 0 Å². The van der Waals surface area contributed by atoms with Crippen LogP contribution in [0.5, 0.6) is 0 Å². The molecule has 0 aliphatic rings. The molecule has 0 unspecified atom stereocenters. The maximum absolute atomic E-state index is 11.3. The van der Waals surface area contributed by atoms with Gasteiger partial charge in [-0.1, -0.05) is 24.3 Å². The number of ether oxygens (including phenoxy) is 1. The van der Waals surface area contributed by atoms with Gasteiger partial charge in [-0.25, -0.2) is 4.98 Å². The van der Waals surface area contributed by atoms with E-state index in [0.29, 0.717) is 6.42 Å². The molecular formula is C30H38N4O3. The zero-order valence-electron chi connectivity index (χ0n) is 22.9. The first-order valence-corrected chi connectivity index (χ1v) is 12.6. The molecule has 2 aromatic heterocycles. The van der Waals surface area contributed by atoms with Gasteiger partial charge in [-0.3, -0.25) is 14.8 Å². The van der Waals surface area contributed by atoms with Gasteiger partial charge in [-0.2, -0.15) is 0 Å². The second-order valence-electron chi connectivity index (χ2n) is 10.4. The molecule has 0 atom stereocenters. The van der Waals surface area contributed by atoms with Crippen LogP contribution in [-0.4, -0.2) is 45.0 Å². The van der Waals surface area contributed by atoms with Gasteiger partial charge in [0.25, 0.3) is 0 Å². The summed E-state index contributed by atoms with van der Waals surface area (Å²) >= 11 is 0. The lowest BCUT2D eigenvalue weighted by Gasteiger charge is -2.25. The number of nitrogens with zero attached hydrogens (tertiary/aromatic N) is 3. The van der Waals surface area contributed by atoms with E-state index in [9.17, 15) is 9.90 Å². The highest BCUT2D eigenvalue weighted by Gasteiger charge is 2.26. The van der Waals surface area contributed by atoms with Gasteiger partial charge in [0.1, 0.15) is 5.82 Å². The van der Waals surface area contributed by atoms with Crippen LogP contribution in [0.1, 0.15) is 65.6 Å². The highest BCUT2D eigenvalue weighted by atomic mass is 16.5. The number of benzene rings is 1. The fraction of sp³-hybridized carbons (Fsp3) is 0.400. The Morgan fingerprint density at radius 3 is 2.30 bits per heavy atom. The van der Waals surface area contributed by atoms with Crippen molar-refractivity contribution in [3.63, 3.8) is 0 Å². The van der Waals surface area contributed by atoms with Gasteiger partial charge in [0, 0.05) is 30.6 Å². The number of aromatic nitrogens is 3. The molecule has 1 aromatic carbocycles. The smallest absolute Gasteiger partial charge is 0.309 e. The standard InChI is InChI=1S/C30H38N4O3/c1-8-31-26(20(2)30(5,6)37-7)25-19-33-27(34-25)23-15-16-24(32-18-23)22-13-11-21(12-14-22)10-9-17-29(3,4)28(35)36/h8,11-16,18-19H,9-10,17H2,1-7H3,(H,33,34)(H,35,36)/b26-20+,31-8?. The molecule has 3 rings (SSSR count). The fourth-order valence-electron chi connectivity index (χ4n) is 3.91. The SMILES string of the molecule is CC=N/C(=C(\C)C(C)(C)OC)c1cnc(-c2ccc(-c3ccc(CCCC(C)(C)C(=O)O)cc3)nc2)[nH]1. The van der Waals surface area contributed by atoms with E-state index in [-0.39, 0.29) is 0 Å². The summed E-state index contributed by atoms with van der Waals surface area (Å²) in [5.74, 6) is -0.0276. The molecule has 37 heavy (non-hydrogen) atoms. The molecule has 7 heteroatoms. The summed E-state index contributed by atoms with van der Waals surface area (Å²) < 4.78 is 5.65. The fourth-order valence-corrected chi connectivity index (χ4v) is 3.91. The van der Waals surface area contributed by atoms with Gasteiger partial charge < -0.3 is 14.8 Å². The summed E-state index contributed by atoms with van der Waals surface area (Å²) in [6, 6.07) is 12.3. The molecular weight excluding hydrogens is 464 g/mol. The van der Waals surface area contributed by atoms with E-state index >= 15 is 0 Å². The van der Waals surface area contributed by atoms with Gasteiger partial charge >= 0.3 is 5.97 Å². The van der Waals surface area contributed by atoms with Crippen LogP contribution in [0, 0.1) is 5.41 Å². The number of imidazole rings is 1. The Balaban J connectivity index is 1.73. The van der Waals surface area contributed by atoms with E-state index in [2.05, 4.69) is 44.2 Å². The van der Waals surface area contributed by atoms with Crippen LogP contribution in [0.3, 0.4) is 0 Å². The highest BCUT2D eigenvalue weighted by Crippen LogP contribution is 2.30. The molecule has 0 aliphatic heterocycles. The summed E-state index contributed by atoms with van der Waals surface area (Å²) in [5.41, 5.74) is 5.47. The number of hydrogen-bond donors (Lipinski definition) is 2. The van der Waals surface area contributed by atoms with Gasteiger partial charge in [0.15, 0.2) is 0 Å². The monoisotopic (exact) mass is 502 g/mol. The van der Waals surface area contributed by atoms with Crippen LogP contribution in [0.2, 0.25) is 0 Å². The van der Waals surface area contributed by atoms with Crippen LogP contribution in [0.25, 0.3) is 28.3 Å². The van der Waals surface area contributed by atoms with Crippen molar-refractivity contribution in [2.45, 2.75) is 66.4 Å². The molecule has 0 amide bonds. The number of aliphatic carboxylic acids is 1. The zero-order valence-corrected chi connectivity index (χ0v) is 22.9. The second-order valence-corrected chi connectivity index (χ2v) is 10.4. The van der Waals surface area contributed by atoms with Crippen molar-refractivity contribution in [3.8, 4) is 22.6 Å². The molecule has 0 radical (unpaired) electrons. The number of aryl methyl sites for hydroxylation is 1. The first-order chi connectivity index (χ1) is 17.5. The lowest BCUT2D eigenvalue weighted by atomic mass is 9.86. The number of aliphatic imine (C=N–C) groups is 1. The summed E-state index contributed by atoms with van der Waals surface area (Å²) in [6.07, 6.45) is 7.70. The minimum atomic E-state index is -0.750. The molecule has 2 N–H and O–H groups in total. The third-order valence-corrected chi connectivity index (χ3v) is 6.99. The first-order valence-electron chi connectivity index (χ1n) is 12.6. The number of rotatable bonds is 11. The van der Waals surface area contributed by atoms with Gasteiger partial charge in [0.2, 0.25) is 0 Å². The van der Waals surface area contributed by atoms with E-state index in [0.717, 1.165) is 52.5 Å². The van der Waals surface area contributed by atoms with Crippen LogP contribution < -0.4 is 0 Å². The van der Waals surface area contributed by atoms with E-state index in [4.69, 9.17) is 4.74 Å². The molecule has 3 aromatic rings. The van der Waals surface area contributed by atoms with E-state index in [1.807, 2.05) is 46.0 Å². The van der Waals surface area contributed by atoms with Gasteiger partial charge in [-0.05, 0) is 84.1 Å². The predicted molar refractivity (Wildman–Crippen MR) is 149 cm³/mol. The Kier molecular flexibility index (Phi) is 8.81. The third kappa shape index (κ3) is 6.80. The van der Waals surface area contributed by atoms with Gasteiger partial charge in [0.05, 0.1) is 34.3 Å². The minimum Gasteiger partial charge on any atom is -0.481 e. The lowest BCUT2D eigenvalue weighted by molar-refractivity contribution is -0.147. The first kappa shape index (κ1) is 28.0. The predicted octanol–water partition coefficient (Wildman–Crippen LogP) is 6.82. The number of carboxylic acids is 1. The minimum absolute atomic E-state index is 0.457. The molecule has 0 spiro atoms. The number of methoxy groups -OCH3 is 1.